The molecule has 2 saturated heterocycles. The summed E-state index contributed by atoms with van der Waals surface area (Å²) in [5.74, 6) is 1.80. The van der Waals surface area contributed by atoms with Crippen LogP contribution in [-0.4, -0.2) is 175 Å². The van der Waals surface area contributed by atoms with Crippen molar-refractivity contribution in [2.45, 2.75) is 13.1 Å². The Morgan fingerprint density at radius 1 is 0.415 bits per heavy atom. The molecule has 296 valence electrons. The second-order valence-corrected chi connectivity index (χ2v) is 13.4. The van der Waals surface area contributed by atoms with Gasteiger partial charge < -0.3 is 57.2 Å². The van der Waals surface area contributed by atoms with Gasteiger partial charge in [0.2, 0.25) is 0 Å². The Balaban J connectivity index is 0.957. The molecule has 14 nitrogen and oxygen atoms in total. The van der Waals surface area contributed by atoms with Crippen LogP contribution in [0.4, 0.5) is 11.4 Å². The van der Waals surface area contributed by atoms with Gasteiger partial charge in [-0.2, -0.15) is 0 Å². The average molecular weight is 745 g/mol. The molecule has 0 aliphatic carbocycles. The number of benzene rings is 2. The monoisotopic (exact) mass is 744 g/mol. The minimum absolute atomic E-state index is 0.582. The van der Waals surface area contributed by atoms with Crippen molar-refractivity contribution >= 4 is 11.4 Å². The number of anilines is 2. The number of nitrogens with zero attached hydrogens (tertiary/aromatic N) is 4. The van der Waals surface area contributed by atoms with Gasteiger partial charge in [0.15, 0.2) is 0 Å². The predicted octanol–water partition coefficient (Wildman–Crippen LogP) is 2.51. The smallest absolute Gasteiger partial charge is 0.119 e. The highest BCUT2D eigenvalue weighted by molar-refractivity contribution is 5.69. The van der Waals surface area contributed by atoms with Gasteiger partial charge in [-0.15, -0.1) is 0 Å². The van der Waals surface area contributed by atoms with Crippen LogP contribution in [0.5, 0.6) is 11.5 Å². The van der Waals surface area contributed by atoms with Crippen LogP contribution in [0.2, 0.25) is 0 Å². The summed E-state index contributed by atoms with van der Waals surface area (Å²) in [5.41, 5.74) is 5.08. The Morgan fingerprint density at radius 3 is 1.08 bits per heavy atom. The first kappa shape index (κ1) is 39.9. The Hall–Kier alpha value is -2.76. The van der Waals surface area contributed by atoms with Crippen molar-refractivity contribution in [3.63, 3.8) is 0 Å². The standard InChI is InChI=1S/C39H60N4O10/c1-3-38-34(29-36(1)52-15-9-40-5-11-44-17-21-48-25-26-49-22-18-45-12-6-40)31-43-33-42(38)32-35-30-37(2-4-39(35)43)53-16-10-41-7-13-46-19-23-50-27-28-51-24-20-47-14-8-41/h1-4,29-30H,5-28,31-33H2. The van der Waals surface area contributed by atoms with E-state index in [0.29, 0.717) is 119 Å². The van der Waals surface area contributed by atoms with Crippen LogP contribution in [0.25, 0.3) is 0 Å². The SMILES string of the molecule is c1cc2c(cc1OCCN1CCOCCOCCOCCOCC1)CN1CN2Cc2cc(OCCN3CCOCCOCCOCCOCC3)ccc21. The molecule has 53 heavy (non-hydrogen) atoms. The van der Waals surface area contributed by atoms with Crippen LogP contribution in [0.3, 0.4) is 0 Å². The first-order valence-corrected chi connectivity index (χ1v) is 19.4. The molecule has 0 radical (unpaired) electrons. The van der Waals surface area contributed by atoms with Crippen LogP contribution in [-0.2, 0) is 51.0 Å². The maximum absolute atomic E-state index is 6.29. The van der Waals surface area contributed by atoms with E-state index in [1.807, 2.05) is 0 Å². The van der Waals surface area contributed by atoms with Crippen LogP contribution in [0, 0.1) is 0 Å². The Morgan fingerprint density at radius 2 is 0.736 bits per heavy atom. The van der Waals surface area contributed by atoms with Gasteiger partial charge >= 0.3 is 0 Å². The molecule has 0 N–H and O–H groups in total. The molecule has 0 saturated carbocycles. The van der Waals surface area contributed by atoms with E-state index < -0.39 is 0 Å². The number of hydrogen-bond acceptors (Lipinski definition) is 14. The molecule has 4 heterocycles. The zero-order valence-electron chi connectivity index (χ0n) is 31.4. The highest BCUT2D eigenvalue weighted by Gasteiger charge is 2.30. The molecular formula is C39H60N4O10. The molecule has 2 aromatic rings. The second kappa shape index (κ2) is 23.2. The highest BCUT2D eigenvalue weighted by atomic mass is 16.6. The molecule has 0 aromatic heterocycles. The maximum atomic E-state index is 6.29. The molecule has 6 rings (SSSR count). The van der Waals surface area contributed by atoms with Gasteiger partial charge in [-0.05, 0) is 47.5 Å². The van der Waals surface area contributed by atoms with Gasteiger partial charge in [0, 0.05) is 63.7 Å². The molecule has 14 heteroatoms. The fourth-order valence-electron chi connectivity index (χ4n) is 6.77. The van der Waals surface area contributed by atoms with Crippen molar-refractivity contribution in [1.29, 1.82) is 0 Å². The van der Waals surface area contributed by atoms with E-state index in [1.165, 1.54) is 22.5 Å². The third kappa shape index (κ3) is 13.8. The summed E-state index contributed by atoms with van der Waals surface area (Å²) in [4.78, 5) is 9.53. The van der Waals surface area contributed by atoms with Crippen molar-refractivity contribution in [2.75, 3.05) is 175 Å². The molecule has 0 unspecified atom stereocenters. The molecule has 2 aromatic carbocycles. The first-order chi connectivity index (χ1) is 26.3. The minimum atomic E-state index is 0.582. The van der Waals surface area contributed by atoms with Gasteiger partial charge in [0.1, 0.15) is 24.7 Å². The zero-order chi connectivity index (χ0) is 36.2. The Labute approximate surface area is 314 Å². The van der Waals surface area contributed by atoms with Gasteiger partial charge in [-0.25, -0.2) is 0 Å². The highest BCUT2D eigenvalue weighted by Crippen LogP contribution is 2.40. The molecular weight excluding hydrogens is 684 g/mol. The average Bonchev–Trinajstić information content (AvgIpc) is 3.19. The van der Waals surface area contributed by atoms with Crippen LogP contribution < -0.4 is 19.3 Å². The van der Waals surface area contributed by atoms with Gasteiger partial charge in [-0.3, -0.25) is 9.80 Å². The second-order valence-electron chi connectivity index (χ2n) is 13.4. The van der Waals surface area contributed by atoms with E-state index in [2.05, 4.69) is 56.0 Å². The lowest BCUT2D eigenvalue weighted by Gasteiger charge is -2.45. The topological polar surface area (TPSA) is 105 Å². The summed E-state index contributed by atoms with van der Waals surface area (Å²) >= 11 is 0. The lowest BCUT2D eigenvalue weighted by atomic mass is 10.0. The van der Waals surface area contributed by atoms with Crippen molar-refractivity contribution in [2.24, 2.45) is 0 Å². The first-order valence-electron chi connectivity index (χ1n) is 19.4. The van der Waals surface area contributed by atoms with Gasteiger partial charge in [0.05, 0.1) is 112 Å². The summed E-state index contributed by atoms with van der Waals surface area (Å²) in [6.07, 6.45) is 0. The predicted molar refractivity (Wildman–Crippen MR) is 201 cm³/mol. The largest absolute Gasteiger partial charge is 0.492 e. The molecule has 0 spiro atoms. The third-order valence-corrected chi connectivity index (χ3v) is 9.64. The van der Waals surface area contributed by atoms with E-state index in [4.69, 9.17) is 47.4 Å². The van der Waals surface area contributed by atoms with Crippen molar-refractivity contribution < 1.29 is 47.4 Å². The van der Waals surface area contributed by atoms with Crippen molar-refractivity contribution in [3.8, 4) is 11.5 Å². The fourth-order valence-corrected chi connectivity index (χ4v) is 6.77. The summed E-state index contributed by atoms with van der Waals surface area (Å²) in [7, 11) is 0. The van der Waals surface area contributed by atoms with E-state index in [9.17, 15) is 0 Å². The minimum Gasteiger partial charge on any atom is -0.492 e. The van der Waals surface area contributed by atoms with Crippen LogP contribution >= 0.6 is 0 Å². The lowest BCUT2D eigenvalue weighted by molar-refractivity contribution is 0.00206. The van der Waals surface area contributed by atoms with Crippen LogP contribution in [0.1, 0.15) is 11.1 Å². The number of hydrogen-bond donors (Lipinski definition) is 0. The normalized spacial score (nSPS) is 21.6. The van der Waals surface area contributed by atoms with E-state index >= 15 is 0 Å². The van der Waals surface area contributed by atoms with Crippen LogP contribution in [0.15, 0.2) is 36.4 Å². The fraction of sp³-hybridized carbons (Fsp3) is 0.692. The molecule has 0 amide bonds. The van der Waals surface area contributed by atoms with Crippen molar-refractivity contribution in [3.05, 3.63) is 47.5 Å². The molecule has 0 atom stereocenters. The number of fused-ring (bicyclic) bond motifs is 6. The molecule has 2 bridgehead atoms. The summed E-state index contributed by atoms with van der Waals surface area (Å²) in [6.45, 7) is 18.2. The van der Waals surface area contributed by atoms with E-state index in [1.54, 1.807) is 0 Å². The number of rotatable bonds is 8. The molecule has 4 aliphatic rings. The molecule has 2 fully saturated rings. The number of ether oxygens (including phenoxy) is 10. The quantitative estimate of drug-likeness (QED) is 0.396. The zero-order valence-corrected chi connectivity index (χ0v) is 31.4. The maximum Gasteiger partial charge on any atom is 0.119 e. The van der Waals surface area contributed by atoms with Gasteiger partial charge in [0.25, 0.3) is 0 Å². The third-order valence-electron chi connectivity index (χ3n) is 9.64. The van der Waals surface area contributed by atoms with Gasteiger partial charge in [-0.1, -0.05) is 0 Å². The summed E-state index contributed by atoms with van der Waals surface area (Å²) in [6, 6.07) is 13.0. The molecule has 4 aliphatic heterocycles. The lowest BCUT2D eigenvalue weighted by Crippen LogP contribution is -2.46. The summed E-state index contributed by atoms with van der Waals surface area (Å²) < 4.78 is 57.9. The Kier molecular flexibility index (Phi) is 17.5. The Bertz CT molecular complexity index is 1200. The van der Waals surface area contributed by atoms with E-state index in [0.717, 1.165) is 70.5 Å². The summed E-state index contributed by atoms with van der Waals surface area (Å²) in [5, 5.41) is 0. The van der Waals surface area contributed by atoms with Crippen molar-refractivity contribution in [1.82, 2.24) is 9.80 Å². The van der Waals surface area contributed by atoms with E-state index in [-0.39, 0.29) is 0 Å².